The molecule has 8 nitrogen and oxygen atoms in total. The van der Waals surface area contributed by atoms with Gasteiger partial charge >= 0.3 is 18.2 Å². The summed E-state index contributed by atoms with van der Waals surface area (Å²) < 4.78 is 41.5. The van der Waals surface area contributed by atoms with Crippen LogP contribution in [-0.4, -0.2) is 82.9 Å². The number of urea groups is 1. The zero-order valence-corrected chi connectivity index (χ0v) is 18.5. The van der Waals surface area contributed by atoms with Crippen LogP contribution in [0.25, 0.3) is 0 Å². The van der Waals surface area contributed by atoms with Gasteiger partial charge in [0.15, 0.2) is 0 Å². The maximum atomic E-state index is 13.8. The summed E-state index contributed by atoms with van der Waals surface area (Å²) in [6.07, 6.45) is -2.26. The van der Waals surface area contributed by atoms with Gasteiger partial charge in [0, 0.05) is 57.4 Å². The fraction of sp³-hybridized carbons (Fsp3) is 0.591. The summed E-state index contributed by atoms with van der Waals surface area (Å²) in [5.41, 5.74) is 0.185. The van der Waals surface area contributed by atoms with Crippen molar-refractivity contribution in [3.8, 4) is 0 Å². The van der Waals surface area contributed by atoms with Crippen LogP contribution in [0, 0.1) is 0 Å². The second-order valence-corrected chi connectivity index (χ2v) is 8.82. The maximum Gasteiger partial charge on any atom is 0.416 e. The molecule has 2 fully saturated rings. The van der Waals surface area contributed by atoms with Crippen LogP contribution in [0.3, 0.4) is 0 Å². The van der Waals surface area contributed by atoms with Crippen molar-refractivity contribution in [2.75, 3.05) is 44.2 Å². The summed E-state index contributed by atoms with van der Waals surface area (Å²) in [7, 11) is 0. The molecule has 0 unspecified atom stereocenters. The Kier molecular flexibility index (Phi) is 6.51. The van der Waals surface area contributed by atoms with E-state index in [-0.39, 0.29) is 42.9 Å². The number of nitrogens with zero attached hydrogens (tertiary/aromatic N) is 5. The molecule has 0 bridgehead atoms. The van der Waals surface area contributed by atoms with Gasteiger partial charge in [0.25, 0.3) is 0 Å². The van der Waals surface area contributed by atoms with E-state index in [1.807, 2.05) is 16.7 Å². The highest BCUT2D eigenvalue weighted by Gasteiger charge is 2.37. The zero-order valence-electron chi connectivity index (χ0n) is 18.5. The monoisotopic (exact) mass is 467 g/mol. The third kappa shape index (κ3) is 5.07. The number of hydrogen-bond acceptors (Lipinski definition) is 5. The minimum atomic E-state index is -4.44. The summed E-state index contributed by atoms with van der Waals surface area (Å²) in [5, 5.41) is 14.1. The second-order valence-electron chi connectivity index (χ2n) is 8.82. The molecule has 33 heavy (non-hydrogen) atoms. The van der Waals surface area contributed by atoms with Crippen molar-refractivity contribution in [3.05, 3.63) is 29.3 Å². The van der Waals surface area contributed by atoms with Crippen molar-refractivity contribution < 1.29 is 27.9 Å². The third-order valence-electron chi connectivity index (χ3n) is 6.49. The van der Waals surface area contributed by atoms with Crippen LogP contribution in [0.4, 0.5) is 23.7 Å². The molecular weight excluding hydrogens is 439 g/mol. The van der Waals surface area contributed by atoms with Crippen LogP contribution >= 0.6 is 0 Å². The Balaban J connectivity index is 1.43. The third-order valence-corrected chi connectivity index (χ3v) is 6.49. The largest absolute Gasteiger partial charge is 0.477 e. The van der Waals surface area contributed by atoms with Gasteiger partial charge in [-0.3, -0.25) is 4.90 Å². The van der Waals surface area contributed by atoms with Gasteiger partial charge in [-0.15, -0.1) is 0 Å². The standard InChI is InChI=1S/C22H28F3N5O3/c1-15-13-27(10-11-29(15)21(33)30-9-6-19(26-30)20(31)32)14-16-4-5-17(28-7-2-3-8-28)12-18(16)22(23,24)25/h4-5,12,15H,2-3,6-11,13-14H2,1H3,(H,31,32)/t15-/m0/s1. The highest BCUT2D eigenvalue weighted by Crippen LogP contribution is 2.36. The van der Waals surface area contributed by atoms with Crippen molar-refractivity contribution in [2.45, 2.75) is 44.9 Å². The predicted octanol–water partition coefficient (Wildman–Crippen LogP) is 3.08. The van der Waals surface area contributed by atoms with Crippen molar-refractivity contribution in [2.24, 2.45) is 5.10 Å². The Morgan fingerprint density at radius 1 is 1.12 bits per heavy atom. The van der Waals surface area contributed by atoms with E-state index in [0.717, 1.165) is 30.9 Å². The van der Waals surface area contributed by atoms with Gasteiger partial charge in [-0.2, -0.15) is 18.3 Å². The lowest BCUT2D eigenvalue weighted by molar-refractivity contribution is -0.138. The normalized spacial score (nSPS) is 22.1. The molecular formula is C22H28F3N5O3. The first kappa shape index (κ1) is 23.3. The molecule has 0 aliphatic carbocycles. The van der Waals surface area contributed by atoms with E-state index in [1.165, 1.54) is 6.07 Å². The summed E-state index contributed by atoms with van der Waals surface area (Å²) in [6.45, 7) is 4.92. The number of piperazine rings is 1. The summed E-state index contributed by atoms with van der Waals surface area (Å²) in [5.74, 6) is -1.14. The number of carboxylic acids is 1. The first-order valence-corrected chi connectivity index (χ1v) is 11.2. The van der Waals surface area contributed by atoms with E-state index in [4.69, 9.17) is 5.11 Å². The molecule has 3 heterocycles. The number of carbonyl (C=O) groups is 2. The second kappa shape index (κ2) is 9.20. The Labute approximate surface area is 190 Å². The lowest BCUT2D eigenvalue weighted by Crippen LogP contribution is -2.56. The first-order valence-electron chi connectivity index (χ1n) is 11.2. The number of rotatable bonds is 4. The number of hydrazone groups is 1. The van der Waals surface area contributed by atoms with Gasteiger partial charge in [-0.25, -0.2) is 14.6 Å². The molecule has 1 aromatic carbocycles. The van der Waals surface area contributed by atoms with E-state index >= 15 is 0 Å². The lowest BCUT2D eigenvalue weighted by Gasteiger charge is -2.41. The smallest absolute Gasteiger partial charge is 0.416 e. The van der Waals surface area contributed by atoms with E-state index in [9.17, 15) is 22.8 Å². The van der Waals surface area contributed by atoms with Gasteiger partial charge < -0.3 is 14.9 Å². The van der Waals surface area contributed by atoms with Crippen molar-refractivity contribution in [1.29, 1.82) is 0 Å². The topological polar surface area (TPSA) is 79.7 Å². The number of halogens is 3. The van der Waals surface area contributed by atoms with E-state index in [0.29, 0.717) is 25.3 Å². The highest BCUT2D eigenvalue weighted by molar-refractivity contribution is 6.36. The average Bonchev–Trinajstić information content (AvgIpc) is 3.45. The predicted molar refractivity (Wildman–Crippen MR) is 116 cm³/mol. The molecule has 11 heteroatoms. The summed E-state index contributed by atoms with van der Waals surface area (Å²) >= 11 is 0. The maximum absolute atomic E-state index is 13.8. The van der Waals surface area contributed by atoms with E-state index in [2.05, 4.69) is 5.10 Å². The quantitative estimate of drug-likeness (QED) is 0.736. The molecule has 2 saturated heterocycles. The lowest BCUT2D eigenvalue weighted by atomic mass is 10.0. The molecule has 0 aromatic heterocycles. The molecule has 1 atom stereocenters. The van der Waals surface area contributed by atoms with Crippen LogP contribution in [-0.2, 0) is 17.5 Å². The Morgan fingerprint density at radius 3 is 2.45 bits per heavy atom. The van der Waals surface area contributed by atoms with E-state index < -0.39 is 17.7 Å². The number of aliphatic carboxylic acids is 1. The van der Waals surface area contributed by atoms with Gasteiger partial charge in [-0.1, -0.05) is 6.07 Å². The number of benzene rings is 1. The first-order chi connectivity index (χ1) is 15.6. The van der Waals surface area contributed by atoms with Gasteiger partial charge in [0.1, 0.15) is 5.71 Å². The minimum absolute atomic E-state index is 0.0494. The van der Waals surface area contributed by atoms with Gasteiger partial charge in [0.2, 0.25) is 0 Å². The van der Waals surface area contributed by atoms with Crippen molar-refractivity contribution >= 4 is 23.4 Å². The van der Waals surface area contributed by atoms with Crippen LogP contribution in [0.1, 0.15) is 37.3 Å². The fourth-order valence-corrected chi connectivity index (χ4v) is 4.73. The molecule has 4 rings (SSSR count). The molecule has 2 amide bonds. The van der Waals surface area contributed by atoms with Crippen LogP contribution in [0.2, 0.25) is 0 Å². The van der Waals surface area contributed by atoms with Gasteiger partial charge in [0.05, 0.1) is 12.1 Å². The molecule has 180 valence electrons. The van der Waals surface area contributed by atoms with Crippen LogP contribution < -0.4 is 4.90 Å². The number of carboxylic acid groups (broad SMARTS) is 1. The highest BCUT2D eigenvalue weighted by atomic mass is 19.4. The molecule has 3 aliphatic heterocycles. The van der Waals surface area contributed by atoms with Gasteiger partial charge in [-0.05, 0) is 37.5 Å². The number of amides is 2. The number of alkyl halides is 3. The molecule has 3 aliphatic rings. The molecule has 1 aromatic rings. The zero-order chi connectivity index (χ0) is 23.8. The number of hydrogen-bond donors (Lipinski definition) is 1. The number of anilines is 1. The van der Waals surface area contributed by atoms with Crippen LogP contribution in [0.5, 0.6) is 0 Å². The Bertz CT molecular complexity index is 946. The molecule has 0 radical (unpaired) electrons. The number of carbonyl (C=O) groups excluding carboxylic acids is 1. The molecule has 1 N–H and O–H groups in total. The molecule has 0 spiro atoms. The average molecular weight is 467 g/mol. The van der Waals surface area contributed by atoms with Crippen molar-refractivity contribution in [3.63, 3.8) is 0 Å². The Morgan fingerprint density at radius 2 is 1.85 bits per heavy atom. The molecule has 0 saturated carbocycles. The minimum Gasteiger partial charge on any atom is -0.477 e. The van der Waals surface area contributed by atoms with Crippen molar-refractivity contribution in [1.82, 2.24) is 14.8 Å². The summed E-state index contributed by atoms with van der Waals surface area (Å²) in [6, 6.07) is 3.99. The van der Waals surface area contributed by atoms with Crippen LogP contribution in [0.15, 0.2) is 23.3 Å². The van der Waals surface area contributed by atoms with E-state index in [1.54, 1.807) is 17.0 Å². The SMILES string of the molecule is C[C@H]1CN(Cc2ccc(N3CCCC3)cc2C(F)(F)F)CCN1C(=O)N1CCC(C(=O)O)=N1. The fourth-order valence-electron chi connectivity index (χ4n) is 4.73. The summed E-state index contributed by atoms with van der Waals surface area (Å²) in [4.78, 5) is 29.3. The Hall–Kier alpha value is -2.82.